The Labute approximate surface area is 82.5 Å². The molecule has 1 aromatic heterocycles. The summed E-state index contributed by atoms with van der Waals surface area (Å²) < 4.78 is 1.71. The lowest BCUT2D eigenvalue weighted by atomic mass is 10.2. The maximum Gasteiger partial charge on any atom is 0.326 e. The van der Waals surface area contributed by atoms with Crippen molar-refractivity contribution in [1.82, 2.24) is 9.78 Å². The van der Waals surface area contributed by atoms with E-state index in [9.17, 15) is 4.79 Å². The topological polar surface area (TPSA) is 81.1 Å². The highest BCUT2D eigenvalue weighted by Crippen LogP contribution is 2.08. The Morgan fingerprint density at radius 1 is 1.71 bits per heavy atom. The van der Waals surface area contributed by atoms with E-state index in [1.807, 2.05) is 0 Å². The predicted octanol–water partition coefficient (Wildman–Crippen LogP) is 0.623. The second-order valence-electron chi connectivity index (χ2n) is 3.67. The third-order valence-corrected chi connectivity index (χ3v) is 1.80. The number of hydrogen-bond acceptors (Lipinski definition) is 3. The zero-order valence-electron chi connectivity index (χ0n) is 8.34. The first-order valence-corrected chi connectivity index (χ1v) is 4.52. The summed E-state index contributed by atoms with van der Waals surface area (Å²) in [5.41, 5.74) is 5.81. The molecule has 3 N–H and O–H groups in total. The molecule has 1 unspecified atom stereocenters. The summed E-state index contributed by atoms with van der Waals surface area (Å²) in [4.78, 5) is 10.6. The van der Waals surface area contributed by atoms with Crippen LogP contribution in [0.5, 0.6) is 0 Å². The van der Waals surface area contributed by atoms with Crippen LogP contribution in [0.3, 0.4) is 0 Å². The van der Waals surface area contributed by atoms with Crippen LogP contribution in [-0.4, -0.2) is 20.9 Å². The molecule has 1 atom stereocenters. The van der Waals surface area contributed by atoms with Crippen LogP contribution < -0.4 is 5.73 Å². The van der Waals surface area contributed by atoms with Crippen molar-refractivity contribution in [2.45, 2.75) is 26.4 Å². The van der Waals surface area contributed by atoms with Gasteiger partial charge in [0.05, 0.1) is 5.69 Å². The highest BCUT2D eigenvalue weighted by atomic mass is 16.4. The predicted molar refractivity (Wildman–Crippen MR) is 51.6 cm³/mol. The fourth-order valence-corrected chi connectivity index (χ4v) is 1.15. The van der Waals surface area contributed by atoms with Crippen LogP contribution >= 0.6 is 0 Å². The van der Waals surface area contributed by atoms with Gasteiger partial charge in [0.25, 0.3) is 0 Å². The minimum absolute atomic E-state index is 0.401. The minimum Gasteiger partial charge on any atom is -0.480 e. The van der Waals surface area contributed by atoms with E-state index < -0.39 is 12.0 Å². The molecule has 0 spiro atoms. The van der Waals surface area contributed by atoms with E-state index in [1.54, 1.807) is 16.9 Å². The fraction of sp³-hybridized carbons (Fsp3) is 0.556. The number of rotatable bonds is 4. The van der Waals surface area contributed by atoms with Crippen molar-refractivity contribution in [3.8, 4) is 0 Å². The molecule has 0 saturated heterocycles. The van der Waals surface area contributed by atoms with Gasteiger partial charge < -0.3 is 10.8 Å². The molecule has 78 valence electrons. The molecule has 0 bridgehead atoms. The molecule has 0 fully saturated rings. The lowest BCUT2D eigenvalue weighted by molar-refractivity contribution is -0.138. The standard InChI is InChI=1S/C9H15N3O2/c1-6(2)5-12-4-3-7(11-12)8(10)9(13)14/h3-4,6,8H,5,10H2,1-2H3,(H,13,14). The summed E-state index contributed by atoms with van der Waals surface area (Å²) in [6.07, 6.45) is 1.75. The molecule has 1 heterocycles. The van der Waals surface area contributed by atoms with Crippen molar-refractivity contribution in [2.24, 2.45) is 11.7 Å². The summed E-state index contributed by atoms with van der Waals surface area (Å²) in [5.74, 6) is -0.580. The van der Waals surface area contributed by atoms with Crippen molar-refractivity contribution < 1.29 is 9.90 Å². The highest BCUT2D eigenvalue weighted by Gasteiger charge is 2.16. The summed E-state index contributed by atoms with van der Waals surface area (Å²) in [6.45, 7) is 4.91. The molecule has 0 radical (unpaired) electrons. The van der Waals surface area contributed by atoms with Crippen LogP contribution in [0.1, 0.15) is 25.6 Å². The first-order valence-electron chi connectivity index (χ1n) is 4.52. The van der Waals surface area contributed by atoms with Gasteiger partial charge in [0.15, 0.2) is 0 Å². The minimum atomic E-state index is -1.06. The van der Waals surface area contributed by atoms with E-state index in [0.717, 1.165) is 6.54 Å². The third-order valence-electron chi connectivity index (χ3n) is 1.80. The fourth-order valence-electron chi connectivity index (χ4n) is 1.15. The summed E-state index contributed by atoms with van der Waals surface area (Å²) in [7, 11) is 0. The molecule has 0 aliphatic carbocycles. The van der Waals surface area contributed by atoms with E-state index in [-0.39, 0.29) is 0 Å². The summed E-state index contributed by atoms with van der Waals surface area (Å²) in [5, 5.41) is 12.7. The Balaban J connectivity index is 2.72. The van der Waals surface area contributed by atoms with Crippen LogP contribution in [0.4, 0.5) is 0 Å². The van der Waals surface area contributed by atoms with Crippen LogP contribution in [-0.2, 0) is 11.3 Å². The number of hydrogen-bond donors (Lipinski definition) is 2. The molecule has 5 nitrogen and oxygen atoms in total. The molecule has 14 heavy (non-hydrogen) atoms. The Kier molecular flexibility index (Phi) is 3.24. The van der Waals surface area contributed by atoms with Gasteiger partial charge in [-0.15, -0.1) is 0 Å². The summed E-state index contributed by atoms with van der Waals surface area (Å²) >= 11 is 0. The normalized spacial score (nSPS) is 13.1. The van der Waals surface area contributed by atoms with Gasteiger partial charge in [-0.25, -0.2) is 0 Å². The molecule has 5 heteroatoms. The number of aliphatic carboxylic acids is 1. The maximum atomic E-state index is 10.6. The van der Waals surface area contributed by atoms with Gasteiger partial charge in [0, 0.05) is 12.7 Å². The Bertz CT molecular complexity index is 320. The zero-order chi connectivity index (χ0) is 10.7. The number of carboxylic acids is 1. The van der Waals surface area contributed by atoms with Crippen molar-refractivity contribution in [3.05, 3.63) is 18.0 Å². The first kappa shape index (κ1) is 10.7. The summed E-state index contributed by atoms with van der Waals surface area (Å²) in [6, 6.07) is 0.615. The van der Waals surface area contributed by atoms with Gasteiger partial charge in [-0.2, -0.15) is 5.10 Å². The number of carbonyl (C=O) groups is 1. The Hall–Kier alpha value is -1.36. The smallest absolute Gasteiger partial charge is 0.326 e. The highest BCUT2D eigenvalue weighted by molar-refractivity contribution is 5.74. The lowest BCUT2D eigenvalue weighted by Crippen LogP contribution is -2.21. The van der Waals surface area contributed by atoms with E-state index in [4.69, 9.17) is 10.8 Å². The second kappa shape index (κ2) is 4.23. The van der Waals surface area contributed by atoms with Gasteiger partial charge in [-0.3, -0.25) is 9.48 Å². The van der Waals surface area contributed by atoms with Crippen LogP contribution in [0.15, 0.2) is 12.3 Å². The third kappa shape index (κ3) is 2.56. The molecule has 0 aliphatic heterocycles. The lowest BCUT2D eigenvalue weighted by Gasteiger charge is -2.05. The largest absolute Gasteiger partial charge is 0.480 e. The number of nitrogens with two attached hydrogens (primary N) is 1. The van der Waals surface area contributed by atoms with E-state index in [1.165, 1.54) is 0 Å². The van der Waals surface area contributed by atoms with Crippen molar-refractivity contribution >= 4 is 5.97 Å². The van der Waals surface area contributed by atoms with Gasteiger partial charge in [0.1, 0.15) is 6.04 Å². The monoisotopic (exact) mass is 197 g/mol. The Morgan fingerprint density at radius 3 is 2.86 bits per heavy atom. The molecule has 0 amide bonds. The van der Waals surface area contributed by atoms with Gasteiger partial charge in [0.2, 0.25) is 0 Å². The van der Waals surface area contributed by atoms with E-state index in [2.05, 4.69) is 18.9 Å². The molecular weight excluding hydrogens is 182 g/mol. The van der Waals surface area contributed by atoms with E-state index in [0.29, 0.717) is 11.6 Å². The molecule has 1 rings (SSSR count). The number of nitrogens with zero attached hydrogens (tertiary/aromatic N) is 2. The second-order valence-corrected chi connectivity index (χ2v) is 3.67. The van der Waals surface area contributed by atoms with Gasteiger partial charge >= 0.3 is 5.97 Å². The average Bonchev–Trinajstić information content (AvgIpc) is 2.50. The van der Waals surface area contributed by atoms with Crippen molar-refractivity contribution in [2.75, 3.05) is 0 Å². The quantitative estimate of drug-likeness (QED) is 0.741. The molecule has 1 aromatic rings. The van der Waals surface area contributed by atoms with Gasteiger partial charge in [-0.05, 0) is 12.0 Å². The van der Waals surface area contributed by atoms with Crippen LogP contribution in [0.2, 0.25) is 0 Å². The van der Waals surface area contributed by atoms with Crippen molar-refractivity contribution in [3.63, 3.8) is 0 Å². The van der Waals surface area contributed by atoms with Crippen molar-refractivity contribution in [1.29, 1.82) is 0 Å². The first-order chi connectivity index (χ1) is 6.50. The molecule has 0 aliphatic rings. The van der Waals surface area contributed by atoms with Crippen LogP contribution in [0.25, 0.3) is 0 Å². The molecule has 0 aromatic carbocycles. The Morgan fingerprint density at radius 2 is 2.36 bits per heavy atom. The zero-order valence-corrected chi connectivity index (χ0v) is 8.34. The molecule has 0 saturated carbocycles. The maximum absolute atomic E-state index is 10.6. The van der Waals surface area contributed by atoms with Gasteiger partial charge in [-0.1, -0.05) is 13.8 Å². The number of carboxylic acid groups (broad SMARTS) is 1. The van der Waals surface area contributed by atoms with Crippen LogP contribution in [0, 0.1) is 5.92 Å². The number of aromatic nitrogens is 2. The SMILES string of the molecule is CC(C)Cn1ccc(C(N)C(=O)O)n1. The van der Waals surface area contributed by atoms with E-state index >= 15 is 0 Å². The average molecular weight is 197 g/mol. The molecular formula is C9H15N3O2.